The third-order valence-corrected chi connectivity index (χ3v) is 9.13. The number of benzene rings is 6. The number of aryl methyl sites for hydroxylation is 4. The quantitative estimate of drug-likeness (QED) is 0.189. The highest BCUT2D eigenvalue weighted by Gasteiger charge is 2.36. The van der Waals surface area contributed by atoms with E-state index < -0.39 is 11.7 Å². The minimum atomic E-state index is -4.56. The van der Waals surface area contributed by atoms with E-state index in [1.807, 2.05) is 43.3 Å². The monoisotopic (exact) mass is 608 g/mol. The van der Waals surface area contributed by atoms with Crippen LogP contribution in [0.4, 0.5) is 13.2 Å². The first kappa shape index (κ1) is 28.2. The maximum Gasteiger partial charge on any atom is 0.417 e. The molecule has 0 bridgehead atoms. The van der Waals surface area contributed by atoms with Gasteiger partial charge in [-0.05, 0) is 93.4 Å². The molecule has 0 atom stereocenters. The van der Waals surface area contributed by atoms with Gasteiger partial charge in [-0.15, -0.1) is 0 Å². The van der Waals surface area contributed by atoms with Crippen LogP contribution in [0.15, 0.2) is 115 Å². The van der Waals surface area contributed by atoms with E-state index in [0.717, 1.165) is 60.3 Å². The molecule has 0 aliphatic carbocycles. The van der Waals surface area contributed by atoms with Crippen LogP contribution in [0, 0.1) is 27.7 Å². The Kier molecular flexibility index (Phi) is 6.20. The van der Waals surface area contributed by atoms with Crippen molar-refractivity contribution in [2.45, 2.75) is 33.9 Å². The maximum atomic E-state index is 15.0. The van der Waals surface area contributed by atoms with Crippen molar-refractivity contribution in [1.82, 2.24) is 9.13 Å². The van der Waals surface area contributed by atoms with Gasteiger partial charge in [-0.25, -0.2) is 0 Å². The fraction of sp³-hybridized carbons (Fsp3) is 0.122. The lowest BCUT2D eigenvalue weighted by atomic mass is 9.93. The van der Waals surface area contributed by atoms with Crippen molar-refractivity contribution in [3.63, 3.8) is 0 Å². The van der Waals surface area contributed by atoms with Crippen LogP contribution < -0.4 is 0 Å². The number of aromatic nitrogens is 2. The largest absolute Gasteiger partial charge is 0.417 e. The van der Waals surface area contributed by atoms with E-state index in [9.17, 15) is 0 Å². The zero-order valence-corrected chi connectivity index (χ0v) is 26.0. The Bertz CT molecular complexity index is 2370. The van der Waals surface area contributed by atoms with E-state index in [2.05, 4.69) is 83.6 Å². The van der Waals surface area contributed by atoms with Crippen LogP contribution in [0.3, 0.4) is 0 Å². The summed E-state index contributed by atoms with van der Waals surface area (Å²) in [6.07, 6.45) is -4.56. The zero-order valence-electron chi connectivity index (χ0n) is 26.0. The SMILES string of the molecule is Cc1cc(-n2c3ccccc3c3cc(C)ccc32)c(-c2ccc(C)cc2C(F)(F)F)c(-n2c3ccccc3c3cc(C)ccc32)c1. The van der Waals surface area contributed by atoms with E-state index in [1.54, 1.807) is 19.1 Å². The molecule has 0 N–H and O–H groups in total. The minimum Gasteiger partial charge on any atom is -0.309 e. The molecule has 2 heterocycles. The summed E-state index contributed by atoms with van der Waals surface area (Å²) in [4.78, 5) is 0. The topological polar surface area (TPSA) is 9.86 Å². The van der Waals surface area contributed by atoms with E-state index in [0.29, 0.717) is 22.5 Å². The van der Waals surface area contributed by atoms with Gasteiger partial charge in [-0.1, -0.05) is 77.4 Å². The molecule has 0 radical (unpaired) electrons. The van der Waals surface area contributed by atoms with Gasteiger partial charge in [0, 0.05) is 27.1 Å². The van der Waals surface area contributed by atoms with Gasteiger partial charge in [0.05, 0.1) is 39.0 Å². The summed E-state index contributed by atoms with van der Waals surface area (Å²) in [5, 5.41) is 4.25. The Morgan fingerprint density at radius 1 is 0.435 bits per heavy atom. The molecule has 0 amide bonds. The summed E-state index contributed by atoms with van der Waals surface area (Å²) in [7, 11) is 0. The number of halogens is 3. The molecule has 8 rings (SSSR count). The molecule has 0 saturated carbocycles. The molecule has 0 aliphatic rings. The normalized spacial score (nSPS) is 12.2. The number of nitrogens with zero attached hydrogens (tertiary/aromatic N) is 2. The fourth-order valence-electron chi connectivity index (χ4n) is 7.18. The van der Waals surface area contributed by atoms with Crippen LogP contribution in [0.2, 0.25) is 0 Å². The van der Waals surface area contributed by atoms with Crippen molar-refractivity contribution < 1.29 is 13.2 Å². The number of fused-ring (bicyclic) bond motifs is 6. The first-order chi connectivity index (χ1) is 22.1. The van der Waals surface area contributed by atoms with Crippen LogP contribution >= 0.6 is 0 Å². The van der Waals surface area contributed by atoms with Crippen LogP contribution in [0.25, 0.3) is 66.1 Å². The van der Waals surface area contributed by atoms with E-state index in [4.69, 9.17) is 0 Å². The van der Waals surface area contributed by atoms with Crippen LogP contribution in [0.1, 0.15) is 27.8 Å². The van der Waals surface area contributed by atoms with Gasteiger partial charge in [0.25, 0.3) is 0 Å². The molecule has 46 heavy (non-hydrogen) atoms. The summed E-state index contributed by atoms with van der Waals surface area (Å²) in [5.74, 6) is 0. The molecular weight excluding hydrogens is 577 g/mol. The van der Waals surface area contributed by atoms with E-state index in [-0.39, 0.29) is 5.56 Å². The molecule has 0 aliphatic heterocycles. The lowest BCUT2D eigenvalue weighted by molar-refractivity contribution is -0.137. The molecule has 0 saturated heterocycles. The predicted molar refractivity (Wildman–Crippen MR) is 185 cm³/mol. The molecular formula is C41H31F3N2. The molecule has 2 aromatic heterocycles. The second-order valence-electron chi connectivity index (χ2n) is 12.5. The van der Waals surface area contributed by atoms with Gasteiger partial charge in [0.15, 0.2) is 0 Å². The summed E-state index contributed by atoms with van der Waals surface area (Å²) in [6.45, 7) is 7.86. The Labute approximate surface area is 264 Å². The van der Waals surface area contributed by atoms with Crippen molar-refractivity contribution >= 4 is 43.6 Å². The molecule has 8 aromatic rings. The Morgan fingerprint density at radius 2 is 0.870 bits per heavy atom. The molecule has 5 heteroatoms. The summed E-state index contributed by atoms with van der Waals surface area (Å²) >= 11 is 0. The summed E-state index contributed by atoms with van der Waals surface area (Å²) in [6, 6.07) is 37.7. The smallest absolute Gasteiger partial charge is 0.309 e. The van der Waals surface area contributed by atoms with Gasteiger partial charge in [-0.2, -0.15) is 13.2 Å². The predicted octanol–water partition coefficient (Wildman–Crippen LogP) is 11.8. The highest BCUT2D eigenvalue weighted by Crippen LogP contribution is 2.46. The van der Waals surface area contributed by atoms with Crippen molar-refractivity contribution in [1.29, 1.82) is 0 Å². The number of para-hydroxylation sites is 2. The second kappa shape index (κ2) is 10.1. The fourth-order valence-corrected chi connectivity index (χ4v) is 7.18. The average molecular weight is 609 g/mol. The highest BCUT2D eigenvalue weighted by molar-refractivity contribution is 6.12. The average Bonchev–Trinajstić information content (AvgIpc) is 3.52. The first-order valence-electron chi connectivity index (χ1n) is 15.4. The highest BCUT2D eigenvalue weighted by atomic mass is 19.4. The van der Waals surface area contributed by atoms with E-state index >= 15 is 13.2 Å². The van der Waals surface area contributed by atoms with Gasteiger partial charge >= 0.3 is 6.18 Å². The second-order valence-corrected chi connectivity index (χ2v) is 12.5. The Balaban J connectivity index is 1.62. The molecule has 0 fully saturated rings. The zero-order chi connectivity index (χ0) is 31.9. The number of hydrogen-bond donors (Lipinski definition) is 0. The molecule has 0 spiro atoms. The lowest BCUT2D eigenvalue weighted by Crippen LogP contribution is -2.11. The molecule has 2 nitrogen and oxygen atoms in total. The van der Waals surface area contributed by atoms with E-state index in [1.165, 1.54) is 6.07 Å². The van der Waals surface area contributed by atoms with Crippen molar-refractivity contribution in [2.75, 3.05) is 0 Å². The third-order valence-electron chi connectivity index (χ3n) is 9.13. The number of alkyl halides is 3. The minimum absolute atomic E-state index is 0.152. The first-order valence-corrected chi connectivity index (χ1v) is 15.4. The van der Waals surface area contributed by atoms with Crippen LogP contribution in [-0.2, 0) is 6.18 Å². The van der Waals surface area contributed by atoms with Gasteiger partial charge < -0.3 is 9.13 Å². The number of rotatable bonds is 3. The van der Waals surface area contributed by atoms with Gasteiger partial charge in [-0.3, -0.25) is 0 Å². The lowest BCUT2D eigenvalue weighted by Gasteiger charge is -2.23. The Hall–Kier alpha value is -5.29. The molecule has 226 valence electrons. The molecule has 0 unspecified atom stereocenters. The standard InChI is InChI=1S/C41H31F3N2/c1-24-14-17-36-31(19-24)28-9-5-7-11-34(28)45(36)38-22-27(4)23-39(40(38)30-16-13-26(3)21-33(30)41(42,43)44)46-35-12-8-6-10-29(35)32-20-25(2)15-18-37(32)46/h5-23H,1-4H3. The van der Waals surface area contributed by atoms with Crippen LogP contribution in [0.5, 0.6) is 0 Å². The Morgan fingerprint density at radius 3 is 1.37 bits per heavy atom. The summed E-state index contributed by atoms with van der Waals surface area (Å²) in [5.41, 5.74) is 8.99. The summed E-state index contributed by atoms with van der Waals surface area (Å²) < 4.78 is 49.4. The van der Waals surface area contributed by atoms with Crippen molar-refractivity contribution in [2.24, 2.45) is 0 Å². The number of hydrogen-bond acceptors (Lipinski definition) is 0. The van der Waals surface area contributed by atoms with Crippen molar-refractivity contribution in [3.8, 4) is 22.5 Å². The van der Waals surface area contributed by atoms with Crippen molar-refractivity contribution in [3.05, 3.63) is 143 Å². The molecule has 6 aromatic carbocycles. The maximum absolute atomic E-state index is 15.0. The third kappa shape index (κ3) is 4.26. The van der Waals surface area contributed by atoms with Gasteiger partial charge in [0.1, 0.15) is 0 Å². The van der Waals surface area contributed by atoms with Crippen LogP contribution in [-0.4, -0.2) is 9.13 Å². The van der Waals surface area contributed by atoms with Gasteiger partial charge in [0.2, 0.25) is 0 Å².